The molecule has 17 heavy (non-hydrogen) atoms. The highest BCUT2D eigenvalue weighted by Crippen LogP contribution is 2.33. The average Bonchev–Trinajstić information content (AvgIpc) is 2.18. The lowest BCUT2D eigenvalue weighted by Crippen LogP contribution is -2.19. The monoisotopic (exact) mass is 387 g/mol. The highest BCUT2D eigenvalue weighted by Gasteiger charge is 2.34. The lowest BCUT2D eigenvalue weighted by molar-refractivity contribution is -0.276. The van der Waals surface area contributed by atoms with Crippen molar-refractivity contribution in [2.75, 3.05) is 0 Å². The van der Waals surface area contributed by atoms with E-state index in [1.165, 1.54) is 22.6 Å². The normalized spacial score (nSPS) is 12.0. The highest BCUT2D eigenvalue weighted by molar-refractivity contribution is 14.1. The summed E-state index contributed by atoms with van der Waals surface area (Å²) in [6.45, 7) is 0. The van der Waals surface area contributed by atoms with E-state index < -0.39 is 24.2 Å². The van der Waals surface area contributed by atoms with Crippen molar-refractivity contribution in [3.8, 4) is 5.88 Å². The van der Waals surface area contributed by atoms with Crippen LogP contribution < -0.4 is 4.74 Å². The van der Waals surface area contributed by atoms with Crippen molar-refractivity contribution in [1.82, 2.24) is 4.98 Å². The molecule has 0 aromatic carbocycles. The van der Waals surface area contributed by atoms with E-state index in [2.05, 4.69) is 9.72 Å². The smallest absolute Gasteiger partial charge is 0.387 e. The molecular weight excluding hydrogens is 383 g/mol. The molecule has 1 aromatic rings. The van der Waals surface area contributed by atoms with Crippen LogP contribution in [0.3, 0.4) is 0 Å². The van der Waals surface area contributed by atoms with Gasteiger partial charge in [0.25, 0.3) is 6.43 Å². The molecule has 1 heterocycles. The predicted molar refractivity (Wildman–Crippen MR) is 58.2 cm³/mol. The molecular formula is C8H4ClF5INO. The Morgan fingerprint density at radius 3 is 2.41 bits per heavy atom. The first-order valence-corrected chi connectivity index (χ1v) is 5.65. The average molecular weight is 387 g/mol. The Morgan fingerprint density at radius 1 is 1.41 bits per heavy atom. The second kappa shape index (κ2) is 5.51. The highest BCUT2D eigenvalue weighted by atomic mass is 127. The van der Waals surface area contributed by atoms with Crippen molar-refractivity contribution in [3.05, 3.63) is 20.9 Å². The van der Waals surface area contributed by atoms with Gasteiger partial charge in [0.15, 0.2) is 0 Å². The lowest BCUT2D eigenvalue weighted by Gasteiger charge is -2.13. The summed E-state index contributed by atoms with van der Waals surface area (Å²) in [7, 11) is 0. The fraction of sp³-hybridized carbons (Fsp3) is 0.375. The molecule has 0 bridgehead atoms. The molecule has 0 unspecified atom stereocenters. The number of rotatable bonds is 3. The zero-order chi connectivity index (χ0) is 13.2. The summed E-state index contributed by atoms with van der Waals surface area (Å²) in [4.78, 5) is 3.40. The maximum absolute atomic E-state index is 12.5. The van der Waals surface area contributed by atoms with Crippen LogP contribution in [0.2, 0.25) is 0 Å². The first kappa shape index (κ1) is 14.7. The Hall–Kier alpha value is -0.380. The van der Waals surface area contributed by atoms with Gasteiger partial charge in [-0.05, 0) is 28.7 Å². The van der Waals surface area contributed by atoms with Crippen LogP contribution in [-0.4, -0.2) is 11.3 Å². The molecule has 1 rings (SSSR count). The van der Waals surface area contributed by atoms with Crippen LogP contribution in [0.15, 0.2) is 6.07 Å². The van der Waals surface area contributed by atoms with E-state index >= 15 is 0 Å². The van der Waals surface area contributed by atoms with E-state index in [1.807, 2.05) is 0 Å². The molecule has 9 heteroatoms. The van der Waals surface area contributed by atoms with Crippen LogP contribution in [0, 0.1) is 3.57 Å². The molecule has 0 fully saturated rings. The van der Waals surface area contributed by atoms with E-state index in [9.17, 15) is 22.0 Å². The Bertz CT molecular complexity index is 412. The zero-order valence-electron chi connectivity index (χ0n) is 7.86. The van der Waals surface area contributed by atoms with Crippen molar-refractivity contribution in [3.63, 3.8) is 0 Å². The predicted octanol–water partition coefficient (Wildman–Crippen LogP) is 4.26. The van der Waals surface area contributed by atoms with Crippen LogP contribution >= 0.6 is 34.2 Å². The van der Waals surface area contributed by atoms with Crippen LogP contribution in [-0.2, 0) is 5.88 Å². The van der Waals surface area contributed by atoms with Gasteiger partial charge < -0.3 is 4.74 Å². The van der Waals surface area contributed by atoms with Gasteiger partial charge in [0.1, 0.15) is 0 Å². The van der Waals surface area contributed by atoms with Crippen molar-refractivity contribution >= 4 is 34.2 Å². The summed E-state index contributed by atoms with van der Waals surface area (Å²) in [5.41, 5.74) is -0.697. The Balaban J connectivity index is 3.24. The molecule has 0 radical (unpaired) electrons. The number of ether oxygens (including phenoxy) is 1. The largest absolute Gasteiger partial charge is 0.574 e. The number of pyridine rings is 1. The van der Waals surface area contributed by atoms with Crippen molar-refractivity contribution in [2.45, 2.75) is 18.7 Å². The Morgan fingerprint density at radius 2 is 2.00 bits per heavy atom. The second-order valence-electron chi connectivity index (χ2n) is 2.80. The molecule has 0 N–H and O–H groups in total. The molecule has 2 nitrogen and oxygen atoms in total. The molecule has 0 aliphatic carbocycles. The molecule has 0 atom stereocenters. The SMILES string of the molecule is FC(F)c1cc(CCl)nc(OC(F)(F)F)c1I. The van der Waals surface area contributed by atoms with Gasteiger partial charge in [-0.25, -0.2) is 13.8 Å². The van der Waals surface area contributed by atoms with E-state index in [1.54, 1.807) is 0 Å². The quantitative estimate of drug-likeness (QED) is 0.439. The van der Waals surface area contributed by atoms with Gasteiger partial charge in [-0.15, -0.1) is 24.8 Å². The van der Waals surface area contributed by atoms with Crippen LogP contribution in [0.1, 0.15) is 17.7 Å². The van der Waals surface area contributed by atoms with Crippen molar-refractivity contribution in [2.24, 2.45) is 0 Å². The fourth-order valence-corrected chi connectivity index (χ4v) is 1.74. The third kappa shape index (κ3) is 4.09. The zero-order valence-corrected chi connectivity index (χ0v) is 10.8. The number of alkyl halides is 6. The Labute approximate surface area is 111 Å². The van der Waals surface area contributed by atoms with Crippen LogP contribution in [0.25, 0.3) is 0 Å². The molecule has 0 aliphatic rings. The van der Waals surface area contributed by atoms with Gasteiger partial charge in [0, 0.05) is 5.56 Å². The first-order valence-electron chi connectivity index (χ1n) is 4.03. The third-order valence-electron chi connectivity index (χ3n) is 1.59. The minimum Gasteiger partial charge on any atom is -0.387 e. The molecule has 96 valence electrons. The van der Waals surface area contributed by atoms with Gasteiger partial charge in [-0.1, -0.05) is 0 Å². The Kier molecular flexibility index (Phi) is 4.76. The van der Waals surface area contributed by atoms with E-state index in [0.717, 1.165) is 6.07 Å². The van der Waals surface area contributed by atoms with Gasteiger partial charge in [0.05, 0.1) is 15.1 Å². The summed E-state index contributed by atoms with van der Waals surface area (Å²) in [5.74, 6) is -1.20. The van der Waals surface area contributed by atoms with E-state index in [0.29, 0.717) is 0 Å². The summed E-state index contributed by atoms with van der Waals surface area (Å²) in [6, 6.07) is 0.947. The van der Waals surface area contributed by atoms with Crippen LogP contribution in [0.5, 0.6) is 5.88 Å². The summed E-state index contributed by atoms with van der Waals surface area (Å²) in [5, 5.41) is 0. The van der Waals surface area contributed by atoms with Gasteiger partial charge in [-0.2, -0.15) is 0 Å². The number of nitrogens with zero attached hydrogens (tertiary/aromatic N) is 1. The van der Waals surface area contributed by atoms with Gasteiger partial charge in [0.2, 0.25) is 5.88 Å². The van der Waals surface area contributed by atoms with E-state index in [4.69, 9.17) is 11.6 Å². The number of aromatic nitrogens is 1. The standard InChI is InChI=1S/C8H4ClF5INO/c9-2-3-1-4(6(10)11)5(15)7(16-3)17-8(12,13)14/h1,6H,2H2. The van der Waals surface area contributed by atoms with E-state index in [-0.39, 0.29) is 15.1 Å². The summed E-state index contributed by atoms with van der Waals surface area (Å²) in [6.07, 6.45) is -7.92. The second-order valence-corrected chi connectivity index (χ2v) is 4.15. The molecule has 0 saturated heterocycles. The number of hydrogen-bond acceptors (Lipinski definition) is 2. The van der Waals surface area contributed by atoms with Gasteiger partial charge in [-0.3, -0.25) is 0 Å². The lowest BCUT2D eigenvalue weighted by atomic mass is 10.2. The van der Waals surface area contributed by atoms with Crippen molar-refractivity contribution < 1.29 is 26.7 Å². The first-order chi connectivity index (χ1) is 7.74. The van der Waals surface area contributed by atoms with Crippen LogP contribution in [0.4, 0.5) is 22.0 Å². The minimum absolute atomic E-state index is 0.110. The third-order valence-corrected chi connectivity index (χ3v) is 2.95. The fourth-order valence-electron chi connectivity index (χ4n) is 0.983. The van der Waals surface area contributed by atoms with Crippen molar-refractivity contribution in [1.29, 1.82) is 0 Å². The topological polar surface area (TPSA) is 22.1 Å². The molecule has 0 amide bonds. The van der Waals surface area contributed by atoms with Gasteiger partial charge >= 0.3 is 6.36 Å². The minimum atomic E-state index is -4.99. The maximum atomic E-state index is 12.5. The molecule has 0 aliphatic heterocycles. The molecule has 0 saturated carbocycles. The summed E-state index contributed by atoms with van der Waals surface area (Å²) >= 11 is 6.67. The molecule has 0 spiro atoms. The number of hydrogen-bond donors (Lipinski definition) is 0. The summed E-state index contributed by atoms with van der Waals surface area (Å²) < 4.78 is 64.3. The number of halogens is 7. The maximum Gasteiger partial charge on any atom is 0.574 e. The molecule has 1 aromatic heterocycles.